The maximum Gasteiger partial charge on any atom is 0.262 e. The highest BCUT2D eigenvalue weighted by atomic mass is 79.9. The molecule has 2 N–H and O–H groups in total. The van der Waals surface area contributed by atoms with Gasteiger partial charge >= 0.3 is 0 Å². The number of methoxy groups -OCH3 is 1. The van der Waals surface area contributed by atoms with Gasteiger partial charge in [-0.25, -0.2) is 0 Å². The summed E-state index contributed by atoms with van der Waals surface area (Å²) in [4.78, 5) is 19.3. The minimum atomic E-state index is -0.563. The van der Waals surface area contributed by atoms with E-state index in [0.717, 1.165) is 23.7 Å². The van der Waals surface area contributed by atoms with Gasteiger partial charge in [-0.15, -0.1) is 0 Å². The number of nitrogens with one attached hydrogen (secondary N) is 1. The molecule has 110 valence electrons. The van der Waals surface area contributed by atoms with Crippen LogP contribution < -0.4 is 5.56 Å². The van der Waals surface area contributed by atoms with Crippen molar-refractivity contribution in [2.75, 3.05) is 7.11 Å². The largest absolute Gasteiger partial charge is 0.493 e. The quantitative estimate of drug-likeness (QED) is 0.892. The topological polar surface area (TPSA) is 75.2 Å². The number of benzene rings is 1. The van der Waals surface area contributed by atoms with E-state index in [0.29, 0.717) is 11.4 Å². The molecule has 1 aliphatic carbocycles. The summed E-state index contributed by atoms with van der Waals surface area (Å²) < 4.78 is 6.31. The molecule has 0 amide bonds. The maximum absolute atomic E-state index is 12.3. The Labute approximate surface area is 130 Å². The van der Waals surface area contributed by atoms with Gasteiger partial charge in [0, 0.05) is 11.6 Å². The number of aromatic hydroxyl groups is 1. The van der Waals surface area contributed by atoms with Gasteiger partial charge in [0.2, 0.25) is 5.88 Å². The van der Waals surface area contributed by atoms with Crippen LogP contribution in [0.15, 0.2) is 33.5 Å². The molecule has 21 heavy (non-hydrogen) atoms. The lowest BCUT2D eigenvalue weighted by molar-refractivity contribution is -0.0850. The minimum Gasteiger partial charge on any atom is -0.493 e. The Bertz CT molecular complexity index is 732. The van der Waals surface area contributed by atoms with E-state index in [1.54, 1.807) is 25.3 Å². The second-order valence-electron chi connectivity index (χ2n) is 5.18. The molecule has 2 aromatic rings. The molecule has 0 aliphatic heterocycles. The monoisotopic (exact) mass is 350 g/mol. The molecule has 0 saturated heterocycles. The Morgan fingerprint density at radius 1 is 1.43 bits per heavy atom. The molecule has 0 spiro atoms. The molecule has 5 nitrogen and oxygen atoms in total. The van der Waals surface area contributed by atoms with Crippen molar-refractivity contribution in [2.45, 2.75) is 24.9 Å². The summed E-state index contributed by atoms with van der Waals surface area (Å²) in [7, 11) is 1.60. The van der Waals surface area contributed by atoms with Crippen LogP contribution in [-0.4, -0.2) is 22.2 Å². The van der Waals surface area contributed by atoms with E-state index in [4.69, 9.17) is 4.74 Å². The summed E-state index contributed by atoms with van der Waals surface area (Å²) in [6.45, 7) is 0. The molecule has 1 fully saturated rings. The fourth-order valence-corrected chi connectivity index (χ4v) is 3.02. The summed E-state index contributed by atoms with van der Waals surface area (Å²) >= 11 is 3.35. The number of ether oxygens (including phenoxy) is 1. The van der Waals surface area contributed by atoms with E-state index in [9.17, 15) is 9.90 Å². The summed E-state index contributed by atoms with van der Waals surface area (Å²) in [5, 5.41) is 10.2. The number of halogens is 1. The van der Waals surface area contributed by atoms with Crippen molar-refractivity contribution in [3.63, 3.8) is 0 Å². The predicted molar refractivity (Wildman–Crippen MR) is 82.2 cm³/mol. The lowest BCUT2D eigenvalue weighted by Gasteiger charge is -2.39. The van der Waals surface area contributed by atoms with Gasteiger partial charge in [-0.3, -0.25) is 4.79 Å². The van der Waals surface area contributed by atoms with Crippen LogP contribution in [0, 0.1) is 0 Å². The summed E-state index contributed by atoms with van der Waals surface area (Å²) in [6.07, 6.45) is 2.61. The third kappa shape index (κ3) is 2.38. The van der Waals surface area contributed by atoms with Crippen molar-refractivity contribution in [1.82, 2.24) is 9.97 Å². The molecule has 0 atom stereocenters. The minimum absolute atomic E-state index is 0.172. The van der Waals surface area contributed by atoms with E-state index in [1.165, 1.54) is 0 Å². The molecule has 1 aromatic heterocycles. The van der Waals surface area contributed by atoms with Crippen molar-refractivity contribution < 1.29 is 9.84 Å². The lowest BCUT2D eigenvalue weighted by atomic mass is 9.79. The smallest absolute Gasteiger partial charge is 0.262 e. The third-order valence-corrected chi connectivity index (χ3v) is 4.49. The normalized spacial score (nSPS) is 16.5. The average molecular weight is 351 g/mol. The first-order valence-electron chi connectivity index (χ1n) is 6.70. The van der Waals surface area contributed by atoms with Crippen molar-refractivity contribution >= 4 is 15.9 Å². The summed E-state index contributed by atoms with van der Waals surface area (Å²) in [5.74, 6) is 0.132. The first-order valence-corrected chi connectivity index (χ1v) is 7.50. The van der Waals surface area contributed by atoms with Gasteiger partial charge in [-0.2, -0.15) is 4.98 Å². The van der Waals surface area contributed by atoms with Gasteiger partial charge in [0.05, 0.1) is 0 Å². The fraction of sp³-hybridized carbons (Fsp3) is 0.333. The number of hydrogen-bond acceptors (Lipinski definition) is 4. The lowest BCUT2D eigenvalue weighted by Crippen LogP contribution is -2.39. The second kappa shape index (κ2) is 5.27. The first kappa shape index (κ1) is 14.3. The number of nitrogens with zero attached hydrogens (tertiary/aromatic N) is 1. The summed E-state index contributed by atoms with van der Waals surface area (Å²) in [6, 6.07) is 7.17. The van der Waals surface area contributed by atoms with Crippen LogP contribution in [0.5, 0.6) is 5.88 Å². The van der Waals surface area contributed by atoms with Crippen LogP contribution in [0.1, 0.15) is 25.1 Å². The van der Waals surface area contributed by atoms with Crippen LogP contribution in [-0.2, 0) is 10.3 Å². The van der Waals surface area contributed by atoms with E-state index < -0.39 is 5.60 Å². The van der Waals surface area contributed by atoms with Gasteiger partial charge in [-0.1, -0.05) is 28.1 Å². The van der Waals surface area contributed by atoms with Gasteiger partial charge < -0.3 is 14.8 Å². The molecule has 1 heterocycles. The van der Waals surface area contributed by atoms with Crippen molar-refractivity contribution in [3.8, 4) is 17.0 Å². The van der Waals surface area contributed by atoms with Gasteiger partial charge in [0.15, 0.2) is 0 Å². The first-order chi connectivity index (χ1) is 10.1. The van der Waals surface area contributed by atoms with Crippen LogP contribution >= 0.6 is 15.9 Å². The zero-order valence-corrected chi connectivity index (χ0v) is 13.1. The second-order valence-corrected chi connectivity index (χ2v) is 6.09. The van der Waals surface area contributed by atoms with E-state index in [1.807, 2.05) is 6.07 Å². The molecule has 1 aliphatic rings. The number of rotatable bonds is 3. The number of hydrogen-bond donors (Lipinski definition) is 2. The zero-order chi connectivity index (χ0) is 15.0. The van der Waals surface area contributed by atoms with E-state index >= 15 is 0 Å². The third-order valence-electron chi connectivity index (χ3n) is 4.00. The maximum atomic E-state index is 12.3. The predicted octanol–water partition coefficient (Wildman–Crippen LogP) is 2.93. The number of H-pyrrole nitrogens is 1. The molecule has 1 aromatic carbocycles. The fourth-order valence-electron chi connectivity index (χ4n) is 2.62. The SMILES string of the molecule is COC1(c2nc(O)c(-c3cccc(Br)c3)c(=O)[nH]2)CCC1. The molecule has 6 heteroatoms. The summed E-state index contributed by atoms with van der Waals surface area (Å²) in [5.41, 5.74) is -0.140. The highest BCUT2D eigenvalue weighted by molar-refractivity contribution is 9.10. The molecule has 1 saturated carbocycles. The Balaban J connectivity index is 2.11. The number of aromatic nitrogens is 2. The Kier molecular flexibility index (Phi) is 3.59. The standard InChI is InChI=1S/C15H15BrN2O3/c1-21-15(6-3-7-15)14-17-12(19)11(13(20)18-14)9-4-2-5-10(16)8-9/h2,4-5,8H,3,6-7H2,1H3,(H2,17,18,19,20). The van der Waals surface area contributed by atoms with Crippen molar-refractivity contribution in [1.29, 1.82) is 0 Å². The van der Waals surface area contributed by atoms with Crippen LogP contribution in [0.3, 0.4) is 0 Å². The van der Waals surface area contributed by atoms with Gasteiger partial charge in [-0.05, 0) is 37.0 Å². The molecule has 0 unspecified atom stereocenters. The zero-order valence-electron chi connectivity index (χ0n) is 11.5. The van der Waals surface area contributed by atoms with Crippen LogP contribution in [0.2, 0.25) is 0 Å². The Morgan fingerprint density at radius 3 is 2.71 bits per heavy atom. The van der Waals surface area contributed by atoms with Crippen LogP contribution in [0.25, 0.3) is 11.1 Å². The van der Waals surface area contributed by atoms with Crippen LogP contribution in [0.4, 0.5) is 0 Å². The van der Waals surface area contributed by atoms with Crippen molar-refractivity contribution in [3.05, 3.63) is 44.9 Å². The van der Waals surface area contributed by atoms with Gasteiger partial charge in [0.25, 0.3) is 5.56 Å². The van der Waals surface area contributed by atoms with Crippen molar-refractivity contribution in [2.24, 2.45) is 0 Å². The van der Waals surface area contributed by atoms with Gasteiger partial charge in [0.1, 0.15) is 17.0 Å². The molecule has 3 rings (SSSR count). The number of aromatic amines is 1. The highest BCUT2D eigenvalue weighted by Gasteiger charge is 2.42. The van der Waals surface area contributed by atoms with E-state index in [-0.39, 0.29) is 17.0 Å². The molecule has 0 bridgehead atoms. The molecule has 0 radical (unpaired) electrons. The van der Waals surface area contributed by atoms with E-state index in [2.05, 4.69) is 25.9 Å². The Morgan fingerprint density at radius 2 is 2.19 bits per heavy atom. The highest BCUT2D eigenvalue weighted by Crippen LogP contribution is 2.43. The Hall–Kier alpha value is -1.66. The molecular weight excluding hydrogens is 336 g/mol. The average Bonchev–Trinajstić information content (AvgIpc) is 2.37. The molecular formula is C15H15BrN2O3.